The Kier molecular flexibility index (Phi) is 5.71. The molecule has 1 unspecified atom stereocenters. The van der Waals surface area contributed by atoms with Crippen molar-refractivity contribution in [2.75, 3.05) is 25.4 Å². The third kappa shape index (κ3) is 4.71. The maximum atomic E-state index is 12.5. The van der Waals surface area contributed by atoms with E-state index in [0.29, 0.717) is 30.2 Å². The zero-order chi connectivity index (χ0) is 18.4. The Morgan fingerprint density at radius 1 is 1.27 bits per heavy atom. The zero-order valence-electron chi connectivity index (χ0n) is 14.1. The van der Waals surface area contributed by atoms with Crippen LogP contribution >= 0.6 is 0 Å². The van der Waals surface area contributed by atoms with Gasteiger partial charge in [-0.05, 0) is 24.6 Å². The largest absolute Gasteiger partial charge is 0.492 e. The van der Waals surface area contributed by atoms with E-state index < -0.39 is 10.0 Å². The van der Waals surface area contributed by atoms with Gasteiger partial charge in [-0.25, -0.2) is 13.4 Å². The van der Waals surface area contributed by atoms with Crippen molar-refractivity contribution in [2.45, 2.75) is 12.5 Å². The highest BCUT2D eigenvalue weighted by Gasteiger charge is 2.32. The van der Waals surface area contributed by atoms with Crippen molar-refractivity contribution in [2.24, 2.45) is 0 Å². The summed E-state index contributed by atoms with van der Waals surface area (Å²) in [5.74, 6) is 0.894. The van der Waals surface area contributed by atoms with E-state index in [4.69, 9.17) is 14.7 Å². The van der Waals surface area contributed by atoms with Gasteiger partial charge < -0.3 is 9.47 Å². The molecule has 1 aromatic heterocycles. The molecule has 2 heterocycles. The predicted octanol–water partition coefficient (Wildman–Crippen LogP) is 1.82. The Bertz CT molecular complexity index is 881. The van der Waals surface area contributed by atoms with Gasteiger partial charge in [0.2, 0.25) is 15.9 Å². The molecule has 0 spiro atoms. The molecule has 3 rings (SSSR count). The third-order valence-electron chi connectivity index (χ3n) is 4.01. The Morgan fingerprint density at radius 3 is 2.85 bits per heavy atom. The maximum absolute atomic E-state index is 12.5. The van der Waals surface area contributed by atoms with Gasteiger partial charge >= 0.3 is 0 Å². The Balaban J connectivity index is 1.51. The number of ether oxygens (including phenoxy) is 2. The molecule has 2 aromatic rings. The first kappa shape index (κ1) is 18.2. The molecular weight excluding hydrogens is 354 g/mol. The smallest absolute Gasteiger partial charge is 0.217 e. The van der Waals surface area contributed by atoms with Crippen molar-refractivity contribution in [1.82, 2.24) is 9.29 Å². The van der Waals surface area contributed by atoms with Gasteiger partial charge in [-0.3, -0.25) is 0 Å². The fourth-order valence-corrected chi connectivity index (χ4v) is 4.00. The molecule has 8 heteroatoms. The zero-order valence-corrected chi connectivity index (χ0v) is 14.9. The fourth-order valence-electron chi connectivity index (χ4n) is 2.67. The highest BCUT2D eigenvalue weighted by Crippen LogP contribution is 2.20. The van der Waals surface area contributed by atoms with Crippen molar-refractivity contribution in [3.05, 3.63) is 54.2 Å². The summed E-state index contributed by atoms with van der Waals surface area (Å²) in [5, 5.41) is 8.90. The first-order chi connectivity index (χ1) is 12.6. The van der Waals surface area contributed by atoms with E-state index in [2.05, 4.69) is 4.98 Å². The predicted molar refractivity (Wildman–Crippen MR) is 95.3 cm³/mol. The molecule has 26 heavy (non-hydrogen) atoms. The number of nitrogens with zero attached hydrogens (tertiary/aromatic N) is 3. The lowest BCUT2D eigenvalue weighted by Gasteiger charge is -2.17. The first-order valence-electron chi connectivity index (χ1n) is 8.25. The normalized spacial score (nSPS) is 17.6. The minimum atomic E-state index is -3.41. The van der Waals surface area contributed by atoms with Crippen LogP contribution in [0.1, 0.15) is 12.0 Å². The summed E-state index contributed by atoms with van der Waals surface area (Å²) in [5.41, 5.74) is 0.454. The van der Waals surface area contributed by atoms with E-state index in [0.717, 1.165) is 0 Å². The van der Waals surface area contributed by atoms with E-state index in [-0.39, 0.29) is 25.0 Å². The number of benzene rings is 1. The summed E-state index contributed by atoms with van der Waals surface area (Å²) >= 11 is 0. The number of nitriles is 1. The Morgan fingerprint density at radius 2 is 2.08 bits per heavy atom. The van der Waals surface area contributed by atoms with Crippen LogP contribution < -0.4 is 9.47 Å². The molecule has 1 atom stereocenters. The van der Waals surface area contributed by atoms with Gasteiger partial charge in [-0.1, -0.05) is 18.2 Å². The van der Waals surface area contributed by atoms with E-state index in [1.54, 1.807) is 24.3 Å². The highest BCUT2D eigenvalue weighted by atomic mass is 32.2. The minimum absolute atomic E-state index is 0.0865. The average molecular weight is 373 g/mol. The number of rotatable bonds is 7. The second-order valence-corrected chi connectivity index (χ2v) is 7.95. The van der Waals surface area contributed by atoms with Gasteiger partial charge in [0.15, 0.2) is 0 Å². The molecule has 1 fully saturated rings. The molecule has 0 N–H and O–H groups in total. The molecule has 1 aliphatic heterocycles. The lowest BCUT2D eigenvalue weighted by Crippen LogP contribution is -2.34. The molecule has 0 aliphatic carbocycles. The van der Waals surface area contributed by atoms with E-state index >= 15 is 0 Å². The van der Waals surface area contributed by atoms with Crippen molar-refractivity contribution >= 4 is 10.0 Å². The molecule has 0 bridgehead atoms. The van der Waals surface area contributed by atoms with E-state index in [1.165, 1.54) is 10.5 Å². The number of hydrogen-bond donors (Lipinski definition) is 0. The topological polar surface area (TPSA) is 92.5 Å². The second kappa shape index (κ2) is 8.17. The third-order valence-corrected chi connectivity index (χ3v) is 5.81. The molecule has 1 saturated heterocycles. The number of pyridine rings is 1. The second-order valence-electron chi connectivity index (χ2n) is 5.86. The summed E-state index contributed by atoms with van der Waals surface area (Å²) in [6.07, 6.45) is 1.80. The van der Waals surface area contributed by atoms with Gasteiger partial charge in [-0.15, -0.1) is 0 Å². The fraction of sp³-hybridized carbons (Fsp3) is 0.333. The lowest BCUT2D eigenvalue weighted by atomic mass is 10.3. The van der Waals surface area contributed by atoms with Gasteiger partial charge in [0.25, 0.3) is 0 Å². The number of hydrogen-bond acceptors (Lipinski definition) is 6. The summed E-state index contributed by atoms with van der Waals surface area (Å²) in [6.45, 7) is 0.766. The van der Waals surface area contributed by atoms with E-state index in [9.17, 15) is 8.42 Å². The van der Waals surface area contributed by atoms with E-state index in [1.807, 2.05) is 24.3 Å². The molecular formula is C18H19N3O4S. The van der Waals surface area contributed by atoms with Gasteiger partial charge in [0.05, 0.1) is 23.9 Å². The van der Waals surface area contributed by atoms with Crippen molar-refractivity contribution in [3.8, 4) is 17.7 Å². The molecule has 0 saturated carbocycles. The lowest BCUT2D eigenvalue weighted by molar-refractivity contribution is 0.206. The molecule has 1 aliphatic rings. The van der Waals surface area contributed by atoms with Gasteiger partial charge in [0, 0.05) is 18.8 Å². The van der Waals surface area contributed by atoms with Crippen molar-refractivity contribution in [3.63, 3.8) is 0 Å². The number of sulfonamides is 1. The Labute approximate surface area is 152 Å². The van der Waals surface area contributed by atoms with Gasteiger partial charge in [0.1, 0.15) is 18.5 Å². The quantitative estimate of drug-likeness (QED) is 0.735. The van der Waals surface area contributed by atoms with Crippen LogP contribution in [-0.2, 0) is 10.0 Å². The molecule has 0 amide bonds. The maximum Gasteiger partial charge on any atom is 0.217 e. The van der Waals surface area contributed by atoms with Crippen LogP contribution in [0.5, 0.6) is 11.6 Å². The van der Waals surface area contributed by atoms with Crippen LogP contribution in [0.4, 0.5) is 0 Å². The van der Waals surface area contributed by atoms with Crippen LogP contribution in [0.2, 0.25) is 0 Å². The monoisotopic (exact) mass is 373 g/mol. The Hall–Kier alpha value is -2.63. The number of aromatic nitrogens is 1. The van der Waals surface area contributed by atoms with Crippen LogP contribution in [0.3, 0.4) is 0 Å². The number of para-hydroxylation sites is 1. The molecule has 136 valence electrons. The summed E-state index contributed by atoms with van der Waals surface area (Å²) in [6, 6.07) is 14.3. The van der Waals surface area contributed by atoms with Crippen molar-refractivity contribution < 1.29 is 17.9 Å². The first-order valence-corrected chi connectivity index (χ1v) is 9.86. The highest BCUT2D eigenvalue weighted by molar-refractivity contribution is 7.89. The van der Waals surface area contributed by atoms with Crippen LogP contribution in [0, 0.1) is 11.3 Å². The average Bonchev–Trinajstić information content (AvgIpc) is 3.12. The summed E-state index contributed by atoms with van der Waals surface area (Å²) in [4.78, 5) is 4.06. The summed E-state index contributed by atoms with van der Waals surface area (Å²) in [7, 11) is -3.41. The standard InChI is InChI=1S/C18H19N3O4S/c19-13-15-6-8-20-18(12-15)25-17-7-9-21(14-17)26(22,23)11-10-24-16-4-2-1-3-5-16/h1-6,8,12,17H,7,9-11,14H2. The molecule has 0 radical (unpaired) electrons. The molecule has 1 aromatic carbocycles. The minimum Gasteiger partial charge on any atom is -0.492 e. The van der Waals surface area contributed by atoms with Crippen LogP contribution in [0.15, 0.2) is 48.7 Å². The van der Waals surface area contributed by atoms with Crippen molar-refractivity contribution in [1.29, 1.82) is 5.26 Å². The van der Waals surface area contributed by atoms with Gasteiger partial charge in [-0.2, -0.15) is 9.57 Å². The summed E-state index contributed by atoms with van der Waals surface area (Å²) < 4.78 is 37.5. The SMILES string of the molecule is N#Cc1ccnc(OC2CCN(S(=O)(=O)CCOc3ccccc3)C2)c1. The van der Waals surface area contributed by atoms with Crippen LogP contribution in [-0.4, -0.2) is 49.3 Å². The molecule has 7 nitrogen and oxygen atoms in total. The van der Waals surface area contributed by atoms with Crippen LogP contribution in [0.25, 0.3) is 0 Å².